The van der Waals surface area contributed by atoms with Crippen LogP contribution < -0.4 is 0 Å². The van der Waals surface area contributed by atoms with E-state index in [1.165, 1.54) is 0 Å². The number of benzene rings is 1. The lowest BCUT2D eigenvalue weighted by molar-refractivity contribution is -0.173. The predicted molar refractivity (Wildman–Crippen MR) is 98.3 cm³/mol. The smallest absolute Gasteiger partial charge is 0.388 e. The van der Waals surface area contributed by atoms with Crippen LogP contribution in [0.4, 0.5) is 0 Å². The third-order valence-corrected chi connectivity index (χ3v) is 5.03. The number of aliphatic hydroxyl groups excluding tert-OH is 3. The number of rotatable bonds is 13. The summed E-state index contributed by atoms with van der Waals surface area (Å²) in [5.74, 6) is 0. The summed E-state index contributed by atoms with van der Waals surface area (Å²) in [6.07, 6.45) is -6.01. The van der Waals surface area contributed by atoms with E-state index in [9.17, 15) is 29.6 Å². The number of phosphoric acid groups is 2. The molecule has 0 spiro atoms. The van der Waals surface area contributed by atoms with E-state index in [4.69, 9.17) is 19.6 Å². The molecule has 0 bridgehead atoms. The van der Waals surface area contributed by atoms with Crippen LogP contribution in [-0.4, -0.2) is 77.1 Å². The van der Waals surface area contributed by atoms with Gasteiger partial charge in [0.15, 0.2) is 0 Å². The largest absolute Gasteiger partial charge is 0.469 e. The van der Waals surface area contributed by atoms with E-state index in [2.05, 4.69) is 9.05 Å². The first-order chi connectivity index (χ1) is 13.2. The zero-order chi connectivity index (χ0) is 22.3. The number of aliphatic hydroxyl groups is 4. The maximum absolute atomic E-state index is 11.0. The molecule has 168 valence electrons. The SMILES string of the molecule is O=P(O)(O)OC[C@@H](O)[C@@H](O)[C@H](O)[C@@](O)(CCCc1ccccc1)COP(=O)(O)O. The van der Waals surface area contributed by atoms with Crippen LogP contribution >= 0.6 is 15.6 Å². The van der Waals surface area contributed by atoms with E-state index in [1.807, 2.05) is 0 Å². The summed E-state index contributed by atoms with van der Waals surface area (Å²) in [5, 5.41) is 40.8. The number of phosphoric ester groups is 2. The van der Waals surface area contributed by atoms with Gasteiger partial charge in [-0.05, 0) is 24.8 Å². The lowest BCUT2D eigenvalue weighted by atomic mass is 9.86. The molecular weight excluding hydrogens is 434 g/mol. The van der Waals surface area contributed by atoms with Gasteiger partial charge in [0, 0.05) is 0 Å². The zero-order valence-corrected chi connectivity index (χ0v) is 17.0. The topological polar surface area (TPSA) is 214 Å². The van der Waals surface area contributed by atoms with Crippen molar-refractivity contribution in [3.8, 4) is 0 Å². The molecule has 0 amide bonds. The molecule has 0 radical (unpaired) electrons. The Bertz CT molecular complexity index is 705. The van der Waals surface area contributed by atoms with Crippen LogP contribution in [0.5, 0.6) is 0 Å². The summed E-state index contributed by atoms with van der Waals surface area (Å²) in [4.78, 5) is 35.0. The van der Waals surface area contributed by atoms with E-state index in [1.54, 1.807) is 30.3 Å². The minimum absolute atomic E-state index is 0.212. The highest BCUT2D eigenvalue weighted by atomic mass is 31.2. The molecule has 0 aliphatic carbocycles. The second kappa shape index (κ2) is 11.1. The summed E-state index contributed by atoms with van der Waals surface area (Å²) in [5.41, 5.74) is -1.51. The molecule has 0 aliphatic heterocycles. The Morgan fingerprint density at radius 3 is 2.00 bits per heavy atom. The first-order valence-electron chi connectivity index (χ1n) is 8.44. The monoisotopic (exact) mass is 460 g/mol. The Morgan fingerprint density at radius 2 is 1.48 bits per heavy atom. The van der Waals surface area contributed by atoms with Gasteiger partial charge in [0.1, 0.15) is 23.9 Å². The van der Waals surface area contributed by atoms with Crippen LogP contribution in [0, 0.1) is 0 Å². The Balaban J connectivity index is 2.84. The van der Waals surface area contributed by atoms with Crippen molar-refractivity contribution in [2.45, 2.75) is 43.2 Å². The lowest BCUT2D eigenvalue weighted by Crippen LogP contribution is -2.56. The molecule has 8 N–H and O–H groups in total. The molecule has 0 aliphatic rings. The minimum atomic E-state index is -5.02. The average Bonchev–Trinajstić information content (AvgIpc) is 2.63. The van der Waals surface area contributed by atoms with Crippen molar-refractivity contribution in [3.05, 3.63) is 35.9 Å². The van der Waals surface area contributed by atoms with Crippen molar-refractivity contribution in [2.75, 3.05) is 13.2 Å². The molecule has 0 aromatic heterocycles. The Morgan fingerprint density at radius 1 is 0.931 bits per heavy atom. The summed E-state index contributed by atoms with van der Waals surface area (Å²) >= 11 is 0. The van der Waals surface area contributed by atoms with E-state index in [0.717, 1.165) is 5.56 Å². The predicted octanol–water partition coefficient (Wildman–Crippen LogP) is -0.958. The Labute approximate surface area is 166 Å². The molecule has 0 heterocycles. The highest BCUT2D eigenvalue weighted by Gasteiger charge is 2.44. The van der Waals surface area contributed by atoms with Crippen LogP contribution in [0.25, 0.3) is 0 Å². The van der Waals surface area contributed by atoms with Crippen molar-refractivity contribution in [1.29, 1.82) is 0 Å². The van der Waals surface area contributed by atoms with E-state index in [0.29, 0.717) is 6.42 Å². The van der Waals surface area contributed by atoms with Gasteiger partial charge in [-0.25, -0.2) is 9.13 Å². The molecular formula is C15H26O12P2. The molecule has 0 saturated carbocycles. The van der Waals surface area contributed by atoms with Gasteiger partial charge in [-0.2, -0.15) is 0 Å². The molecule has 1 aromatic rings. The summed E-state index contributed by atoms with van der Waals surface area (Å²) in [7, 11) is -9.98. The van der Waals surface area contributed by atoms with Crippen molar-refractivity contribution in [3.63, 3.8) is 0 Å². The van der Waals surface area contributed by atoms with Crippen molar-refractivity contribution in [2.24, 2.45) is 0 Å². The van der Waals surface area contributed by atoms with Gasteiger partial charge >= 0.3 is 15.6 Å². The number of aryl methyl sites for hydroxylation is 1. The third-order valence-electron chi connectivity index (χ3n) is 4.08. The van der Waals surface area contributed by atoms with Gasteiger partial charge in [-0.1, -0.05) is 30.3 Å². The molecule has 0 saturated heterocycles. The van der Waals surface area contributed by atoms with Gasteiger partial charge in [0.2, 0.25) is 0 Å². The van der Waals surface area contributed by atoms with Gasteiger partial charge in [-0.3, -0.25) is 9.05 Å². The first-order valence-corrected chi connectivity index (χ1v) is 11.5. The minimum Gasteiger partial charge on any atom is -0.388 e. The van der Waals surface area contributed by atoms with Crippen LogP contribution in [0.1, 0.15) is 18.4 Å². The van der Waals surface area contributed by atoms with Gasteiger partial charge in [0.25, 0.3) is 0 Å². The fraction of sp³-hybridized carbons (Fsp3) is 0.600. The highest BCUT2D eigenvalue weighted by molar-refractivity contribution is 7.46. The zero-order valence-electron chi connectivity index (χ0n) is 15.3. The molecule has 12 nitrogen and oxygen atoms in total. The van der Waals surface area contributed by atoms with Gasteiger partial charge in [0.05, 0.1) is 13.2 Å². The molecule has 14 heteroatoms. The third kappa shape index (κ3) is 10.2. The van der Waals surface area contributed by atoms with E-state index >= 15 is 0 Å². The average molecular weight is 460 g/mol. The maximum Gasteiger partial charge on any atom is 0.469 e. The van der Waals surface area contributed by atoms with Gasteiger partial charge in [-0.15, -0.1) is 0 Å². The van der Waals surface area contributed by atoms with E-state index < -0.39 is 52.8 Å². The lowest BCUT2D eigenvalue weighted by Gasteiger charge is -2.36. The molecule has 4 atom stereocenters. The molecule has 1 rings (SSSR count). The Kier molecular flexibility index (Phi) is 10.0. The number of hydrogen-bond donors (Lipinski definition) is 8. The fourth-order valence-corrected chi connectivity index (χ4v) is 3.28. The Hall–Kier alpha value is -0.720. The van der Waals surface area contributed by atoms with Crippen molar-refractivity contribution in [1.82, 2.24) is 0 Å². The standard InChI is InChI=1S/C15H26O12P2/c16-12(9-26-28(20,21)22)13(17)14(18)15(19,10-27-29(23,24)25)8-4-7-11-5-2-1-3-6-11/h1-3,5-6,12-14,16-19H,4,7-10H2,(H2,20,21,22)(H2,23,24,25)/t12-,13-,14+,15-/m1/s1. The molecule has 0 unspecified atom stereocenters. The molecule has 29 heavy (non-hydrogen) atoms. The van der Waals surface area contributed by atoms with Crippen molar-refractivity contribution >= 4 is 15.6 Å². The number of hydrogen-bond acceptors (Lipinski definition) is 8. The quantitative estimate of drug-likeness (QED) is 0.167. The second-order valence-corrected chi connectivity index (χ2v) is 8.97. The van der Waals surface area contributed by atoms with Crippen LogP contribution in [0.3, 0.4) is 0 Å². The summed E-state index contributed by atoms with van der Waals surface area (Å²) < 4.78 is 30.0. The summed E-state index contributed by atoms with van der Waals surface area (Å²) in [6.45, 7) is -2.14. The molecule has 1 aromatic carbocycles. The van der Waals surface area contributed by atoms with Crippen LogP contribution in [0.2, 0.25) is 0 Å². The highest BCUT2D eigenvalue weighted by Crippen LogP contribution is 2.39. The second-order valence-electron chi connectivity index (χ2n) is 6.50. The normalized spacial score (nSPS) is 18.1. The first kappa shape index (κ1) is 26.3. The maximum atomic E-state index is 11.0. The van der Waals surface area contributed by atoms with Gasteiger partial charge < -0.3 is 40.0 Å². The molecule has 0 fully saturated rings. The van der Waals surface area contributed by atoms with E-state index in [-0.39, 0.29) is 12.8 Å². The van der Waals surface area contributed by atoms with Crippen molar-refractivity contribution < 1.29 is 58.2 Å². The van der Waals surface area contributed by atoms with Crippen LogP contribution in [0.15, 0.2) is 30.3 Å². The summed E-state index contributed by atoms with van der Waals surface area (Å²) in [6, 6.07) is 8.98. The fourth-order valence-electron chi connectivity index (χ4n) is 2.54. The van der Waals surface area contributed by atoms with Crippen LogP contribution in [-0.2, 0) is 24.6 Å².